The van der Waals surface area contributed by atoms with Crippen LogP contribution in [0.5, 0.6) is 0 Å². The van der Waals surface area contributed by atoms with E-state index in [1.165, 1.54) is 0 Å². The average molecular weight is 230 g/mol. The van der Waals surface area contributed by atoms with E-state index >= 15 is 0 Å². The number of pyridine rings is 1. The lowest BCUT2D eigenvalue weighted by Crippen LogP contribution is -2.25. The SMILES string of the molecule is CN(CCN)c1ccncc1Br. The highest BCUT2D eigenvalue weighted by atomic mass is 79.9. The number of aromatic nitrogens is 1. The highest BCUT2D eigenvalue weighted by Crippen LogP contribution is 2.22. The topological polar surface area (TPSA) is 42.1 Å². The summed E-state index contributed by atoms with van der Waals surface area (Å²) in [5.41, 5.74) is 6.57. The molecule has 12 heavy (non-hydrogen) atoms. The molecule has 0 radical (unpaired) electrons. The van der Waals surface area contributed by atoms with Crippen molar-refractivity contribution in [3.8, 4) is 0 Å². The summed E-state index contributed by atoms with van der Waals surface area (Å²) in [7, 11) is 2.01. The van der Waals surface area contributed by atoms with Gasteiger partial charge in [0.2, 0.25) is 0 Å². The molecule has 0 atom stereocenters. The molecule has 0 aliphatic carbocycles. The van der Waals surface area contributed by atoms with Crippen LogP contribution in [0, 0.1) is 0 Å². The molecular weight excluding hydrogens is 218 g/mol. The van der Waals surface area contributed by atoms with E-state index in [1.54, 1.807) is 12.4 Å². The van der Waals surface area contributed by atoms with Gasteiger partial charge in [-0.2, -0.15) is 0 Å². The second-order valence-corrected chi connectivity index (χ2v) is 3.39. The van der Waals surface area contributed by atoms with Crippen LogP contribution in [0.25, 0.3) is 0 Å². The monoisotopic (exact) mass is 229 g/mol. The van der Waals surface area contributed by atoms with Crippen LogP contribution in [0.2, 0.25) is 0 Å². The molecule has 0 amide bonds. The van der Waals surface area contributed by atoms with E-state index in [4.69, 9.17) is 5.73 Å². The van der Waals surface area contributed by atoms with Gasteiger partial charge in [0, 0.05) is 32.5 Å². The van der Waals surface area contributed by atoms with Crippen LogP contribution >= 0.6 is 15.9 Å². The molecule has 0 aliphatic rings. The first-order chi connectivity index (χ1) is 5.75. The Labute approximate surface area is 80.7 Å². The number of nitrogens with zero attached hydrogens (tertiary/aromatic N) is 2. The minimum absolute atomic E-state index is 0.658. The normalized spacial score (nSPS) is 9.92. The van der Waals surface area contributed by atoms with E-state index < -0.39 is 0 Å². The maximum absolute atomic E-state index is 5.44. The molecule has 3 nitrogen and oxygen atoms in total. The smallest absolute Gasteiger partial charge is 0.0592 e. The van der Waals surface area contributed by atoms with Gasteiger partial charge in [0.15, 0.2) is 0 Å². The van der Waals surface area contributed by atoms with Crippen LogP contribution in [0.3, 0.4) is 0 Å². The molecule has 0 aliphatic heterocycles. The Bertz CT molecular complexity index is 252. The molecule has 2 N–H and O–H groups in total. The van der Waals surface area contributed by atoms with Crippen LogP contribution in [-0.2, 0) is 0 Å². The van der Waals surface area contributed by atoms with Gasteiger partial charge in [-0.15, -0.1) is 0 Å². The van der Waals surface area contributed by atoms with Gasteiger partial charge >= 0.3 is 0 Å². The first-order valence-corrected chi connectivity index (χ1v) is 4.55. The molecule has 4 heteroatoms. The molecule has 0 saturated heterocycles. The molecule has 0 saturated carbocycles. The van der Waals surface area contributed by atoms with E-state index in [0.29, 0.717) is 6.54 Å². The second-order valence-electron chi connectivity index (χ2n) is 2.54. The van der Waals surface area contributed by atoms with Crippen molar-refractivity contribution in [1.82, 2.24) is 4.98 Å². The molecule has 0 bridgehead atoms. The van der Waals surface area contributed by atoms with Crippen LogP contribution in [0.1, 0.15) is 0 Å². The maximum atomic E-state index is 5.44. The third kappa shape index (κ3) is 2.19. The summed E-state index contributed by atoms with van der Waals surface area (Å²) in [6, 6.07) is 1.96. The van der Waals surface area contributed by atoms with Crippen molar-refractivity contribution in [1.29, 1.82) is 0 Å². The molecule has 1 aromatic heterocycles. The summed E-state index contributed by atoms with van der Waals surface area (Å²) in [5, 5.41) is 0. The van der Waals surface area contributed by atoms with Gasteiger partial charge in [-0.3, -0.25) is 4.98 Å². The summed E-state index contributed by atoms with van der Waals surface area (Å²) in [5.74, 6) is 0. The standard InChI is InChI=1S/C8H12BrN3/c1-12(5-3-10)8-2-4-11-6-7(8)9/h2,4,6H,3,5,10H2,1H3. The van der Waals surface area contributed by atoms with E-state index in [1.807, 2.05) is 13.1 Å². The molecule has 0 aromatic carbocycles. The average Bonchev–Trinajstić information content (AvgIpc) is 2.05. The Morgan fingerprint density at radius 1 is 1.67 bits per heavy atom. The van der Waals surface area contributed by atoms with Gasteiger partial charge in [0.25, 0.3) is 0 Å². The largest absolute Gasteiger partial charge is 0.372 e. The van der Waals surface area contributed by atoms with Gasteiger partial charge in [0.1, 0.15) is 0 Å². The summed E-state index contributed by atoms with van der Waals surface area (Å²) in [4.78, 5) is 6.07. The number of halogens is 1. The number of likely N-dealkylation sites (N-methyl/N-ethyl adjacent to an activating group) is 1. The molecule has 66 valence electrons. The lowest BCUT2D eigenvalue weighted by Gasteiger charge is -2.18. The Kier molecular flexibility index (Phi) is 3.49. The van der Waals surface area contributed by atoms with Crippen LogP contribution in [0.4, 0.5) is 5.69 Å². The number of rotatable bonds is 3. The van der Waals surface area contributed by atoms with E-state index in [2.05, 4.69) is 25.8 Å². The van der Waals surface area contributed by atoms with Crippen molar-refractivity contribution in [3.63, 3.8) is 0 Å². The van der Waals surface area contributed by atoms with Gasteiger partial charge in [-0.1, -0.05) is 0 Å². The quantitative estimate of drug-likeness (QED) is 0.849. The van der Waals surface area contributed by atoms with Crippen molar-refractivity contribution < 1.29 is 0 Å². The zero-order valence-electron chi connectivity index (χ0n) is 7.00. The fourth-order valence-electron chi connectivity index (χ4n) is 0.992. The molecule has 0 spiro atoms. The number of nitrogens with two attached hydrogens (primary N) is 1. The van der Waals surface area contributed by atoms with Crippen molar-refractivity contribution in [2.24, 2.45) is 5.73 Å². The fraction of sp³-hybridized carbons (Fsp3) is 0.375. The number of hydrogen-bond donors (Lipinski definition) is 1. The summed E-state index contributed by atoms with van der Waals surface area (Å²) in [6.45, 7) is 1.51. The lowest BCUT2D eigenvalue weighted by molar-refractivity contribution is 0.882. The minimum atomic E-state index is 0.658. The molecular formula is C8H12BrN3. The zero-order valence-corrected chi connectivity index (χ0v) is 8.58. The fourth-order valence-corrected chi connectivity index (χ4v) is 1.54. The first-order valence-electron chi connectivity index (χ1n) is 3.76. The highest BCUT2D eigenvalue weighted by molar-refractivity contribution is 9.10. The third-order valence-corrected chi connectivity index (χ3v) is 2.24. The summed E-state index contributed by atoms with van der Waals surface area (Å²) >= 11 is 3.42. The molecule has 0 fully saturated rings. The van der Waals surface area contributed by atoms with Crippen molar-refractivity contribution >= 4 is 21.6 Å². The van der Waals surface area contributed by atoms with Gasteiger partial charge < -0.3 is 10.6 Å². The molecule has 1 rings (SSSR count). The Morgan fingerprint density at radius 3 is 3.00 bits per heavy atom. The number of hydrogen-bond acceptors (Lipinski definition) is 3. The predicted molar refractivity (Wildman–Crippen MR) is 54.3 cm³/mol. The molecule has 0 unspecified atom stereocenters. The number of anilines is 1. The van der Waals surface area contributed by atoms with Gasteiger partial charge in [-0.05, 0) is 22.0 Å². The Balaban J connectivity index is 2.79. The minimum Gasteiger partial charge on any atom is -0.372 e. The van der Waals surface area contributed by atoms with E-state index in [-0.39, 0.29) is 0 Å². The third-order valence-electron chi connectivity index (χ3n) is 1.63. The second kappa shape index (κ2) is 4.42. The molecule has 1 aromatic rings. The first kappa shape index (κ1) is 9.48. The zero-order chi connectivity index (χ0) is 8.97. The Morgan fingerprint density at radius 2 is 2.42 bits per heavy atom. The van der Waals surface area contributed by atoms with Crippen molar-refractivity contribution in [2.45, 2.75) is 0 Å². The van der Waals surface area contributed by atoms with Gasteiger partial charge in [-0.25, -0.2) is 0 Å². The maximum Gasteiger partial charge on any atom is 0.0592 e. The predicted octanol–water partition coefficient (Wildman–Crippen LogP) is 1.24. The van der Waals surface area contributed by atoms with Crippen molar-refractivity contribution in [3.05, 3.63) is 22.9 Å². The van der Waals surface area contributed by atoms with Crippen LogP contribution < -0.4 is 10.6 Å². The van der Waals surface area contributed by atoms with Crippen LogP contribution in [-0.4, -0.2) is 25.1 Å². The van der Waals surface area contributed by atoms with Gasteiger partial charge in [0.05, 0.1) is 10.2 Å². The van der Waals surface area contributed by atoms with E-state index in [0.717, 1.165) is 16.7 Å². The highest BCUT2D eigenvalue weighted by Gasteiger charge is 2.02. The lowest BCUT2D eigenvalue weighted by atomic mass is 10.3. The summed E-state index contributed by atoms with van der Waals surface area (Å²) in [6.07, 6.45) is 3.55. The summed E-state index contributed by atoms with van der Waals surface area (Å²) < 4.78 is 1.00. The Hall–Kier alpha value is -0.610. The van der Waals surface area contributed by atoms with Crippen LogP contribution in [0.15, 0.2) is 22.9 Å². The molecule has 1 heterocycles. The van der Waals surface area contributed by atoms with E-state index in [9.17, 15) is 0 Å². The van der Waals surface area contributed by atoms with Crippen molar-refractivity contribution in [2.75, 3.05) is 25.0 Å².